The van der Waals surface area contributed by atoms with Crippen LogP contribution in [0.15, 0.2) is 12.3 Å². The third kappa shape index (κ3) is 5.42. The van der Waals surface area contributed by atoms with Crippen molar-refractivity contribution in [2.24, 2.45) is 5.92 Å². The number of hydrogen-bond acceptors (Lipinski definition) is 6. The zero-order valence-corrected chi connectivity index (χ0v) is 12.6. The van der Waals surface area contributed by atoms with E-state index >= 15 is 0 Å². The van der Waals surface area contributed by atoms with Crippen LogP contribution in [0.4, 0.5) is 11.8 Å². The SMILES string of the molecule is CCCNc1nccc(NC(CC(C)C)C(=O)OC)n1. The second-order valence-corrected chi connectivity index (χ2v) is 5.04. The Morgan fingerprint density at radius 3 is 2.80 bits per heavy atom. The summed E-state index contributed by atoms with van der Waals surface area (Å²) < 4.78 is 4.82. The number of hydrogen-bond donors (Lipinski definition) is 2. The van der Waals surface area contributed by atoms with Gasteiger partial charge in [0, 0.05) is 12.7 Å². The van der Waals surface area contributed by atoms with E-state index in [0.29, 0.717) is 24.1 Å². The van der Waals surface area contributed by atoms with Gasteiger partial charge in [0.25, 0.3) is 0 Å². The van der Waals surface area contributed by atoms with Crippen LogP contribution < -0.4 is 10.6 Å². The van der Waals surface area contributed by atoms with E-state index in [4.69, 9.17) is 4.74 Å². The predicted octanol–water partition coefficient (Wildman–Crippen LogP) is 2.30. The van der Waals surface area contributed by atoms with Gasteiger partial charge in [-0.05, 0) is 24.8 Å². The topological polar surface area (TPSA) is 76.1 Å². The fourth-order valence-electron chi connectivity index (χ4n) is 1.77. The van der Waals surface area contributed by atoms with Gasteiger partial charge in [-0.1, -0.05) is 20.8 Å². The number of nitrogens with zero attached hydrogens (tertiary/aromatic N) is 2. The largest absolute Gasteiger partial charge is 0.467 e. The molecular formula is C14H24N4O2. The average Bonchev–Trinajstić information content (AvgIpc) is 2.43. The minimum absolute atomic E-state index is 0.277. The molecule has 1 rings (SSSR count). The lowest BCUT2D eigenvalue weighted by molar-refractivity contribution is -0.141. The summed E-state index contributed by atoms with van der Waals surface area (Å²) in [5.41, 5.74) is 0. The molecule has 1 aromatic heterocycles. The van der Waals surface area contributed by atoms with Gasteiger partial charge in [-0.2, -0.15) is 4.98 Å². The molecule has 0 spiro atoms. The van der Waals surface area contributed by atoms with E-state index < -0.39 is 6.04 Å². The van der Waals surface area contributed by atoms with Gasteiger partial charge in [0.05, 0.1) is 7.11 Å². The second kappa shape index (κ2) is 8.35. The van der Waals surface area contributed by atoms with Crippen LogP contribution in [-0.4, -0.2) is 35.6 Å². The first-order chi connectivity index (χ1) is 9.56. The molecular weight excluding hydrogens is 256 g/mol. The molecule has 1 heterocycles. The Morgan fingerprint density at radius 1 is 1.45 bits per heavy atom. The molecule has 112 valence electrons. The number of ether oxygens (including phenoxy) is 1. The molecule has 0 amide bonds. The third-order valence-corrected chi connectivity index (χ3v) is 2.70. The summed E-state index contributed by atoms with van der Waals surface area (Å²) in [5.74, 6) is 1.28. The van der Waals surface area contributed by atoms with Crippen LogP contribution in [0.1, 0.15) is 33.6 Å². The van der Waals surface area contributed by atoms with Crippen molar-refractivity contribution in [3.05, 3.63) is 12.3 Å². The number of anilines is 2. The van der Waals surface area contributed by atoms with Crippen molar-refractivity contribution in [2.45, 2.75) is 39.7 Å². The number of rotatable bonds is 8. The molecule has 20 heavy (non-hydrogen) atoms. The van der Waals surface area contributed by atoms with E-state index in [1.165, 1.54) is 7.11 Å². The molecule has 2 N–H and O–H groups in total. The number of aromatic nitrogens is 2. The third-order valence-electron chi connectivity index (χ3n) is 2.70. The predicted molar refractivity (Wildman–Crippen MR) is 79.7 cm³/mol. The van der Waals surface area contributed by atoms with E-state index in [1.807, 2.05) is 0 Å². The van der Waals surface area contributed by atoms with E-state index in [0.717, 1.165) is 13.0 Å². The number of carbonyl (C=O) groups excluding carboxylic acids is 1. The van der Waals surface area contributed by atoms with Crippen LogP contribution in [0.5, 0.6) is 0 Å². The van der Waals surface area contributed by atoms with Gasteiger partial charge in [-0.3, -0.25) is 0 Å². The normalized spacial score (nSPS) is 12.1. The average molecular weight is 280 g/mol. The van der Waals surface area contributed by atoms with Crippen molar-refractivity contribution >= 4 is 17.7 Å². The van der Waals surface area contributed by atoms with Gasteiger partial charge in [-0.25, -0.2) is 9.78 Å². The summed E-state index contributed by atoms with van der Waals surface area (Å²) >= 11 is 0. The van der Waals surface area contributed by atoms with Crippen molar-refractivity contribution in [3.63, 3.8) is 0 Å². The molecule has 1 aromatic rings. The molecule has 6 heteroatoms. The summed E-state index contributed by atoms with van der Waals surface area (Å²) in [4.78, 5) is 20.2. The van der Waals surface area contributed by atoms with Gasteiger partial charge in [-0.15, -0.1) is 0 Å². The fourth-order valence-corrected chi connectivity index (χ4v) is 1.77. The van der Waals surface area contributed by atoms with Crippen LogP contribution in [-0.2, 0) is 9.53 Å². The molecule has 0 fully saturated rings. The number of nitrogens with one attached hydrogen (secondary N) is 2. The van der Waals surface area contributed by atoms with E-state index in [9.17, 15) is 4.79 Å². The maximum atomic E-state index is 11.8. The van der Waals surface area contributed by atoms with E-state index in [2.05, 4.69) is 41.4 Å². The first-order valence-corrected chi connectivity index (χ1v) is 6.98. The Balaban J connectivity index is 2.74. The molecule has 0 saturated heterocycles. The highest BCUT2D eigenvalue weighted by molar-refractivity contribution is 5.78. The number of methoxy groups -OCH3 is 1. The molecule has 0 saturated carbocycles. The number of esters is 1. The van der Waals surface area contributed by atoms with Crippen molar-refractivity contribution in [3.8, 4) is 0 Å². The van der Waals surface area contributed by atoms with Gasteiger partial charge >= 0.3 is 5.97 Å². The van der Waals surface area contributed by atoms with Crippen LogP contribution in [0.3, 0.4) is 0 Å². The van der Waals surface area contributed by atoms with Gasteiger partial charge in [0.2, 0.25) is 5.95 Å². The summed E-state index contributed by atoms with van der Waals surface area (Å²) in [6.45, 7) is 7.01. The van der Waals surface area contributed by atoms with E-state index in [-0.39, 0.29) is 5.97 Å². The zero-order valence-electron chi connectivity index (χ0n) is 12.6. The quantitative estimate of drug-likeness (QED) is 0.712. The standard InChI is InChI=1S/C14H24N4O2/c1-5-7-15-14-16-8-6-12(18-14)17-11(9-10(2)3)13(19)20-4/h6,8,10-11H,5,7,9H2,1-4H3,(H2,15,16,17,18). The van der Waals surface area contributed by atoms with Crippen molar-refractivity contribution in [1.82, 2.24) is 9.97 Å². The lowest BCUT2D eigenvalue weighted by Crippen LogP contribution is -2.32. The van der Waals surface area contributed by atoms with Crippen molar-refractivity contribution in [2.75, 3.05) is 24.3 Å². The smallest absolute Gasteiger partial charge is 0.328 e. The molecule has 0 aliphatic rings. The summed E-state index contributed by atoms with van der Waals surface area (Å²) in [5, 5.41) is 6.23. The molecule has 1 unspecified atom stereocenters. The Morgan fingerprint density at radius 2 is 2.20 bits per heavy atom. The first kappa shape index (κ1) is 16.2. The molecule has 6 nitrogen and oxygen atoms in total. The highest BCUT2D eigenvalue weighted by Crippen LogP contribution is 2.13. The molecule has 0 radical (unpaired) electrons. The monoisotopic (exact) mass is 280 g/mol. The minimum Gasteiger partial charge on any atom is -0.467 e. The summed E-state index contributed by atoms with van der Waals surface area (Å²) in [6.07, 6.45) is 3.35. The Hall–Kier alpha value is -1.85. The molecule has 1 atom stereocenters. The second-order valence-electron chi connectivity index (χ2n) is 5.04. The van der Waals surface area contributed by atoms with Crippen LogP contribution in [0.2, 0.25) is 0 Å². The van der Waals surface area contributed by atoms with Crippen molar-refractivity contribution < 1.29 is 9.53 Å². The zero-order chi connectivity index (χ0) is 15.0. The molecule has 0 aliphatic heterocycles. The van der Waals surface area contributed by atoms with Gasteiger partial charge < -0.3 is 15.4 Å². The highest BCUT2D eigenvalue weighted by Gasteiger charge is 2.20. The first-order valence-electron chi connectivity index (χ1n) is 6.98. The van der Waals surface area contributed by atoms with Crippen LogP contribution in [0, 0.1) is 5.92 Å². The van der Waals surface area contributed by atoms with Gasteiger partial charge in [0.1, 0.15) is 11.9 Å². The fraction of sp³-hybridized carbons (Fsp3) is 0.643. The molecule has 0 bridgehead atoms. The Labute approximate surface area is 120 Å². The Kier molecular flexibility index (Phi) is 6.76. The lowest BCUT2D eigenvalue weighted by atomic mass is 10.0. The maximum Gasteiger partial charge on any atom is 0.328 e. The van der Waals surface area contributed by atoms with E-state index in [1.54, 1.807) is 12.3 Å². The summed E-state index contributed by atoms with van der Waals surface area (Å²) in [7, 11) is 1.39. The Bertz CT molecular complexity index is 423. The van der Waals surface area contributed by atoms with Gasteiger partial charge in [0.15, 0.2) is 0 Å². The highest BCUT2D eigenvalue weighted by atomic mass is 16.5. The lowest BCUT2D eigenvalue weighted by Gasteiger charge is -2.19. The minimum atomic E-state index is -0.395. The number of carbonyl (C=O) groups is 1. The molecule has 0 aliphatic carbocycles. The van der Waals surface area contributed by atoms with Crippen LogP contribution >= 0.6 is 0 Å². The van der Waals surface area contributed by atoms with Crippen LogP contribution in [0.25, 0.3) is 0 Å². The van der Waals surface area contributed by atoms with Crippen molar-refractivity contribution in [1.29, 1.82) is 0 Å². The maximum absolute atomic E-state index is 11.8. The molecule has 0 aromatic carbocycles. The summed E-state index contributed by atoms with van der Waals surface area (Å²) in [6, 6.07) is 1.35.